The molecule has 1 heterocycles. The minimum absolute atomic E-state index is 0.122. The van der Waals surface area contributed by atoms with Gasteiger partial charge in [0.1, 0.15) is 12.4 Å². The van der Waals surface area contributed by atoms with Crippen molar-refractivity contribution in [3.63, 3.8) is 0 Å². The number of carbonyl (C=O) groups excluding carboxylic acids is 2. The number of nitrogens with one attached hydrogen (secondary N) is 1. The van der Waals surface area contributed by atoms with E-state index < -0.39 is 0 Å². The van der Waals surface area contributed by atoms with Crippen molar-refractivity contribution in [3.05, 3.63) is 41.6 Å². The predicted octanol–water partition coefficient (Wildman–Crippen LogP) is 0.811. The number of hydrogen-bond donors (Lipinski definition) is 2. The minimum atomic E-state index is -0.166. The van der Waals surface area contributed by atoms with Crippen LogP contribution in [0.1, 0.15) is 24.3 Å². The Morgan fingerprint density at radius 2 is 1.69 bits per heavy atom. The van der Waals surface area contributed by atoms with E-state index in [1.165, 1.54) is 0 Å². The summed E-state index contributed by atoms with van der Waals surface area (Å²) in [5, 5.41) is 12.2. The van der Waals surface area contributed by atoms with Crippen LogP contribution in [0.25, 0.3) is 0 Å². The number of aliphatic hydroxyl groups is 1. The fourth-order valence-corrected chi connectivity index (χ4v) is 4.24. The molecule has 0 atom stereocenters. The third-order valence-corrected chi connectivity index (χ3v) is 6.07. The van der Waals surface area contributed by atoms with Crippen LogP contribution in [0.2, 0.25) is 0 Å². The number of aliphatic hydroxyl groups excluding tert-OH is 1. The van der Waals surface area contributed by atoms with Gasteiger partial charge in [0.15, 0.2) is 11.6 Å². The number of allylic oxidation sites excluding steroid dienone is 1. The Hall–Kier alpha value is -2.26. The van der Waals surface area contributed by atoms with E-state index in [1.54, 1.807) is 13.3 Å². The van der Waals surface area contributed by atoms with Crippen LogP contribution in [-0.2, 0) is 14.3 Å². The molecule has 32 heavy (non-hydrogen) atoms. The number of Topliss-reactive ketones (excluding diaryl/α,β-unsaturated/α-hetero) is 2. The molecule has 0 aromatic heterocycles. The highest BCUT2D eigenvalue weighted by Crippen LogP contribution is 2.36. The van der Waals surface area contributed by atoms with E-state index in [-0.39, 0.29) is 29.7 Å². The first-order valence-electron chi connectivity index (χ1n) is 11.4. The van der Waals surface area contributed by atoms with Gasteiger partial charge in [0.25, 0.3) is 0 Å². The van der Waals surface area contributed by atoms with Crippen LogP contribution in [0.3, 0.4) is 0 Å². The fraction of sp³-hybridized carbons (Fsp3) is 0.583. The van der Waals surface area contributed by atoms with Gasteiger partial charge in [-0.15, -0.1) is 0 Å². The van der Waals surface area contributed by atoms with E-state index in [0.717, 1.165) is 44.8 Å². The van der Waals surface area contributed by atoms with Crippen molar-refractivity contribution in [3.8, 4) is 5.75 Å². The average molecular weight is 446 g/mol. The quantitative estimate of drug-likeness (QED) is 0.294. The third kappa shape index (κ3) is 6.87. The maximum Gasteiger partial charge on any atom is 0.168 e. The lowest BCUT2D eigenvalue weighted by atomic mass is 9.80. The Bertz CT molecular complexity index is 770. The predicted molar refractivity (Wildman–Crippen MR) is 122 cm³/mol. The summed E-state index contributed by atoms with van der Waals surface area (Å²) in [4.78, 5) is 30.1. The highest BCUT2D eigenvalue weighted by Gasteiger charge is 2.32. The van der Waals surface area contributed by atoms with Crippen LogP contribution in [-0.4, -0.2) is 99.2 Å². The zero-order chi connectivity index (χ0) is 22.8. The SMILES string of the molecule is COCCOc1ccccc1C1CC(=O)C(=CNCCN2CCN(CCO)CC2)C(=O)C1. The van der Waals surface area contributed by atoms with Crippen LogP contribution in [0.15, 0.2) is 36.0 Å². The summed E-state index contributed by atoms with van der Waals surface area (Å²) in [5.41, 5.74) is 1.17. The normalized spacial score (nSPS) is 20.4. The van der Waals surface area contributed by atoms with Crippen LogP contribution < -0.4 is 10.1 Å². The first kappa shape index (κ1) is 24.4. The number of ether oxygens (including phenoxy) is 2. The molecule has 8 nitrogen and oxygen atoms in total. The van der Waals surface area contributed by atoms with Crippen LogP contribution in [0, 0.1) is 0 Å². The molecule has 0 bridgehead atoms. The first-order valence-corrected chi connectivity index (χ1v) is 11.4. The van der Waals surface area contributed by atoms with E-state index in [4.69, 9.17) is 14.6 Å². The number of para-hydroxylation sites is 1. The first-order chi connectivity index (χ1) is 15.6. The zero-order valence-electron chi connectivity index (χ0n) is 18.9. The van der Waals surface area contributed by atoms with Gasteiger partial charge in [-0.05, 0) is 11.6 Å². The molecule has 1 aromatic rings. The number of ketones is 2. The molecule has 1 aliphatic carbocycles. The number of carbonyl (C=O) groups is 2. The van der Waals surface area contributed by atoms with Crippen molar-refractivity contribution in [2.45, 2.75) is 18.8 Å². The summed E-state index contributed by atoms with van der Waals surface area (Å²) in [6.07, 6.45) is 2.21. The molecule has 0 unspecified atom stereocenters. The summed E-state index contributed by atoms with van der Waals surface area (Å²) < 4.78 is 10.8. The molecule has 2 aliphatic rings. The highest BCUT2D eigenvalue weighted by atomic mass is 16.5. The van der Waals surface area contributed by atoms with E-state index in [2.05, 4.69) is 15.1 Å². The smallest absolute Gasteiger partial charge is 0.168 e. The van der Waals surface area contributed by atoms with Crippen LogP contribution >= 0.6 is 0 Å². The van der Waals surface area contributed by atoms with Gasteiger partial charge in [-0.25, -0.2) is 0 Å². The summed E-state index contributed by atoms with van der Waals surface area (Å²) in [6, 6.07) is 7.60. The molecule has 2 N–H and O–H groups in total. The summed E-state index contributed by atoms with van der Waals surface area (Å²) in [5.74, 6) is 0.298. The standard InChI is InChI=1S/C24H35N3O5/c1-31-14-15-32-24-5-3-2-4-20(24)19-16-22(29)21(23(30)17-19)18-25-6-7-26-8-10-27(11-9-26)12-13-28/h2-5,18-19,25,28H,6-17H2,1H3. The number of methoxy groups -OCH3 is 1. The average Bonchev–Trinajstić information content (AvgIpc) is 2.80. The summed E-state index contributed by atoms with van der Waals surface area (Å²) in [7, 11) is 1.62. The highest BCUT2D eigenvalue weighted by molar-refractivity contribution is 6.22. The molecule has 1 aromatic carbocycles. The molecule has 0 spiro atoms. The van der Waals surface area contributed by atoms with Gasteiger partial charge in [-0.2, -0.15) is 0 Å². The van der Waals surface area contributed by atoms with Crippen molar-refractivity contribution in [2.75, 3.05) is 72.7 Å². The number of β-amino-alcohol motifs (C(OH)–C–C–N with tert-alkyl or cyclic N) is 1. The molecule has 176 valence electrons. The minimum Gasteiger partial charge on any atom is -0.491 e. The van der Waals surface area contributed by atoms with Gasteiger partial charge in [0.05, 0.1) is 18.8 Å². The van der Waals surface area contributed by atoms with Gasteiger partial charge >= 0.3 is 0 Å². The van der Waals surface area contributed by atoms with Gasteiger partial charge in [0.2, 0.25) is 0 Å². The van der Waals surface area contributed by atoms with Gasteiger partial charge in [-0.3, -0.25) is 19.4 Å². The molecule has 8 heteroatoms. The Kier molecular flexibility index (Phi) is 9.67. The molecule has 0 amide bonds. The molecule has 0 radical (unpaired) electrons. The van der Waals surface area contributed by atoms with Gasteiger partial charge in [0, 0.05) is 77.9 Å². The summed E-state index contributed by atoms with van der Waals surface area (Å²) in [6.45, 7) is 7.21. The van der Waals surface area contributed by atoms with Crippen molar-refractivity contribution in [1.82, 2.24) is 15.1 Å². The fourth-order valence-electron chi connectivity index (χ4n) is 4.24. The lowest BCUT2D eigenvalue weighted by Crippen LogP contribution is -2.48. The number of nitrogens with zero attached hydrogens (tertiary/aromatic N) is 2. The van der Waals surface area contributed by atoms with Crippen molar-refractivity contribution >= 4 is 11.6 Å². The zero-order valence-corrected chi connectivity index (χ0v) is 18.9. The third-order valence-electron chi connectivity index (χ3n) is 6.07. The van der Waals surface area contributed by atoms with E-state index in [0.29, 0.717) is 38.3 Å². The molecular formula is C24H35N3O5. The van der Waals surface area contributed by atoms with E-state index in [1.807, 2.05) is 24.3 Å². The molecule has 1 saturated heterocycles. The van der Waals surface area contributed by atoms with Crippen LogP contribution in [0.4, 0.5) is 0 Å². The number of piperazine rings is 1. The Labute approximate surface area is 190 Å². The molecule has 3 rings (SSSR count). The molecular weight excluding hydrogens is 410 g/mol. The van der Waals surface area contributed by atoms with Crippen molar-refractivity contribution in [1.29, 1.82) is 0 Å². The van der Waals surface area contributed by atoms with Gasteiger partial charge < -0.3 is 19.9 Å². The summed E-state index contributed by atoms with van der Waals surface area (Å²) >= 11 is 0. The van der Waals surface area contributed by atoms with Crippen LogP contribution in [0.5, 0.6) is 5.75 Å². The van der Waals surface area contributed by atoms with Crippen molar-refractivity contribution in [2.24, 2.45) is 0 Å². The second-order valence-corrected chi connectivity index (χ2v) is 8.25. The second-order valence-electron chi connectivity index (χ2n) is 8.25. The Morgan fingerprint density at radius 1 is 1.03 bits per heavy atom. The largest absolute Gasteiger partial charge is 0.491 e. The lowest BCUT2D eigenvalue weighted by Gasteiger charge is -2.34. The molecule has 2 fully saturated rings. The van der Waals surface area contributed by atoms with E-state index in [9.17, 15) is 9.59 Å². The maximum atomic E-state index is 12.7. The Balaban J connectivity index is 1.48. The topological polar surface area (TPSA) is 91.3 Å². The second kappa shape index (κ2) is 12.7. The monoisotopic (exact) mass is 445 g/mol. The lowest BCUT2D eigenvalue weighted by molar-refractivity contribution is -0.124. The maximum absolute atomic E-state index is 12.7. The molecule has 1 aliphatic heterocycles. The van der Waals surface area contributed by atoms with Gasteiger partial charge in [-0.1, -0.05) is 18.2 Å². The Morgan fingerprint density at radius 3 is 2.34 bits per heavy atom. The van der Waals surface area contributed by atoms with Crippen molar-refractivity contribution < 1.29 is 24.2 Å². The van der Waals surface area contributed by atoms with E-state index >= 15 is 0 Å². The number of benzene rings is 1. The number of rotatable bonds is 11. The molecule has 1 saturated carbocycles. The number of hydrogen-bond acceptors (Lipinski definition) is 8.